The SMILES string of the molecule is CCc1ccc(-c2cc(COc3ccc(C(N)=O)cc3)cc(C)n2)cc1. The van der Waals surface area contributed by atoms with Crippen LogP contribution in [0.2, 0.25) is 0 Å². The second-order valence-electron chi connectivity index (χ2n) is 6.23. The van der Waals surface area contributed by atoms with Gasteiger partial charge in [0.1, 0.15) is 12.4 Å². The summed E-state index contributed by atoms with van der Waals surface area (Å²) in [5.41, 5.74) is 11.1. The van der Waals surface area contributed by atoms with Gasteiger partial charge in [-0.05, 0) is 60.9 Å². The molecule has 3 rings (SSSR count). The smallest absolute Gasteiger partial charge is 0.248 e. The Hall–Kier alpha value is -3.14. The van der Waals surface area contributed by atoms with Gasteiger partial charge in [-0.15, -0.1) is 0 Å². The lowest BCUT2D eigenvalue weighted by molar-refractivity contribution is 0.1000. The molecule has 0 atom stereocenters. The predicted octanol–water partition coefficient (Wildman–Crippen LogP) is 4.30. The number of nitrogens with zero attached hydrogens (tertiary/aromatic N) is 1. The maximum absolute atomic E-state index is 11.1. The first-order chi connectivity index (χ1) is 12.5. The van der Waals surface area contributed by atoms with Crippen LogP contribution in [0.25, 0.3) is 11.3 Å². The van der Waals surface area contributed by atoms with Gasteiger partial charge in [-0.1, -0.05) is 31.2 Å². The Labute approximate surface area is 153 Å². The minimum absolute atomic E-state index is 0.430. The van der Waals surface area contributed by atoms with E-state index < -0.39 is 5.91 Å². The molecule has 132 valence electrons. The summed E-state index contributed by atoms with van der Waals surface area (Å²) in [7, 11) is 0. The molecule has 1 heterocycles. The Bertz CT molecular complexity index is 900. The first-order valence-corrected chi connectivity index (χ1v) is 8.64. The summed E-state index contributed by atoms with van der Waals surface area (Å²) >= 11 is 0. The van der Waals surface area contributed by atoms with E-state index in [9.17, 15) is 4.79 Å². The van der Waals surface area contributed by atoms with E-state index in [1.807, 2.05) is 19.1 Å². The van der Waals surface area contributed by atoms with Crippen molar-refractivity contribution in [3.63, 3.8) is 0 Å². The summed E-state index contributed by atoms with van der Waals surface area (Å²) < 4.78 is 5.83. The van der Waals surface area contributed by atoms with E-state index in [0.29, 0.717) is 17.9 Å². The van der Waals surface area contributed by atoms with Crippen molar-refractivity contribution in [1.29, 1.82) is 0 Å². The van der Waals surface area contributed by atoms with Crippen molar-refractivity contribution in [2.45, 2.75) is 26.9 Å². The molecule has 0 saturated carbocycles. The summed E-state index contributed by atoms with van der Waals surface area (Å²) in [5.74, 6) is 0.248. The van der Waals surface area contributed by atoms with Gasteiger partial charge in [0.15, 0.2) is 0 Å². The van der Waals surface area contributed by atoms with Gasteiger partial charge in [-0.2, -0.15) is 0 Å². The number of primary amides is 1. The van der Waals surface area contributed by atoms with Crippen LogP contribution in [-0.4, -0.2) is 10.9 Å². The zero-order valence-electron chi connectivity index (χ0n) is 15.0. The molecule has 1 aromatic heterocycles. The Kier molecular flexibility index (Phi) is 5.32. The molecule has 0 fully saturated rings. The monoisotopic (exact) mass is 346 g/mol. The molecular formula is C22H22N2O2. The van der Waals surface area contributed by atoms with Gasteiger partial charge in [0, 0.05) is 16.8 Å². The molecule has 0 aliphatic heterocycles. The Morgan fingerprint density at radius 3 is 2.31 bits per heavy atom. The molecule has 0 aliphatic carbocycles. The first-order valence-electron chi connectivity index (χ1n) is 8.64. The highest BCUT2D eigenvalue weighted by Gasteiger charge is 2.05. The van der Waals surface area contributed by atoms with E-state index in [0.717, 1.165) is 28.9 Å². The van der Waals surface area contributed by atoms with Crippen molar-refractivity contribution in [1.82, 2.24) is 4.98 Å². The van der Waals surface area contributed by atoms with Crippen molar-refractivity contribution in [3.8, 4) is 17.0 Å². The van der Waals surface area contributed by atoms with Crippen LogP contribution in [0.4, 0.5) is 0 Å². The molecule has 0 aliphatic rings. The minimum atomic E-state index is -0.444. The highest BCUT2D eigenvalue weighted by molar-refractivity contribution is 5.92. The van der Waals surface area contributed by atoms with Crippen LogP contribution in [-0.2, 0) is 13.0 Å². The number of benzene rings is 2. The van der Waals surface area contributed by atoms with E-state index in [4.69, 9.17) is 10.5 Å². The molecule has 26 heavy (non-hydrogen) atoms. The minimum Gasteiger partial charge on any atom is -0.489 e. The average Bonchev–Trinajstić information content (AvgIpc) is 2.66. The molecule has 0 bridgehead atoms. The van der Waals surface area contributed by atoms with Gasteiger partial charge in [-0.25, -0.2) is 0 Å². The normalized spacial score (nSPS) is 10.5. The third kappa shape index (κ3) is 4.28. The fraction of sp³-hybridized carbons (Fsp3) is 0.182. The van der Waals surface area contributed by atoms with Crippen LogP contribution in [0.5, 0.6) is 5.75 Å². The second kappa shape index (κ2) is 7.83. The average molecular weight is 346 g/mol. The fourth-order valence-corrected chi connectivity index (χ4v) is 2.76. The summed E-state index contributed by atoms with van der Waals surface area (Å²) in [5, 5.41) is 0. The van der Waals surface area contributed by atoms with Crippen LogP contribution < -0.4 is 10.5 Å². The number of hydrogen-bond donors (Lipinski definition) is 1. The third-order valence-electron chi connectivity index (χ3n) is 4.22. The van der Waals surface area contributed by atoms with E-state index in [1.165, 1.54) is 5.56 Å². The summed E-state index contributed by atoms with van der Waals surface area (Å²) in [6, 6.07) is 19.4. The molecule has 0 spiro atoms. The topological polar surface area (TPSA) is 65.2 Å². The van der Waals surface area contributed by atoms with E-state index in [1.54, 1.807) is 24.3 Å². The van der Waals surface area contributed by atoms with Crippen LogP contribution in [0.15, 0.2) is 60.7 Å². The molecule has 0 radical (unpaired) electrons. The summed E-state index contributed by atoms with van der Waals surface area (Å²) in [6.45, 7) is 4.56. The molecule has 2 aromatic carbocycles. The summed E-state index contributed by atoms with van der Waals surface area (Å²) in [4.78, 5) is 15.8. The number of rotatable bonds is 6. The van der Waals surface area contributed by atoms with Crippen LogP contribution >= 0.6 is 0 Å². The largest absolute Gasteiger partial charge is 0.489 e. The number of nitrogens with two attached hydrogens (primary N) is 1. The number of carbonyl (C=O) groups is 1. The van der Waals surface area contributed by atoms with E-state index in [-0.39, 0.29) is 0 Å². The standard InChI is InChI=1S/C22H22N2O2/c1-3-16-4-6-18(7-5-16)21-13-17(12-15(2)24-21)14-26-20-10-8-19(9-11-20)22(23)25/h4-13H,3,14H2,1-2H3,(H2,23,25). The maximum Gasteiger partial charge on any atom is 0.248 e. The van der Waals surface area contributed by atoms with Crippen molar-refractivity contribution < 1.29 is 9.53 Å². The zero-order chi connectivity index (χ0) is 18.5. The molecule has 3 aromatic rings. The van der Waals surface area contributed by atoms with Crippen molar-refractivity contribution in [2.75, 3.05) is 0 Å². The first kappa shape index (κ1) is 17.7. The number of pyridine rings is 1. The van der Waals surface area contributed by atoms with Crippen LogP contribution in [0.3, 0.4) is 0 Å². The van der Waals surface area contributed by atoms with Gasteiger partial charge in [-0.3, -0.25) is 9.78 Å². The number of amides is 1. The lowest BCUT2D eigenvalue weighted by Gasteiger charge is -2.10. The fourth-order valence-electron chi connectivity index (χ4n) is 2.76. The molecule has 0 unspecified atom stereocenters. The Morgan fingerprint density at radius 1 is 1.00 bits per heavy atom. The molecule has 4 nitrogen and oxygen atoms in total. The number of carbonyl (C=O) groups excluding carboxylic acids is 1. The Balaban J connectivity index is 1.75. The number of aryl methyl sites for hydroxylation is 2. The second-order valence-corrected chi connectivity index (χ2v) is 6.23. The maximum atomic E-state index is 11.1. The van der Waals surface area contributed by atoms with Gasteiger partial charge < -0.3 is 10.5 Å². The van der Waals surface area contributed by atoms with E-state index in [2.05, 4.69) is 36.2 Å². The number of hydrogen-bond acceptors (Lipinski definition) is 3. The highest BCUT2D eigenvalue weighted by atomic mass is 16.5. The highest BCUT2D eigenvalue weighted by Crippen LogP contribution is 2.21. The van der Waals surface area contributed by atoms with Crippen LogP contribution in [0, 0.1) is 6.92 Å². The lowest BCUT2D eigenvalue weighted by atomic mass is 10.1. The predicted molar refractivity (Wildman–Crippen MR) is 103 cm³/mol. The molecule has 4 heteroatoms. The van der Waals surface area contributed by atoms with Crippen molar-refractivity contribution in [3.05, 3.63) is 83.0 Å². The quantitative estimate of drug-likeness (QED) is 0.724. The van der Waals surface area contributed by atoms with Gasteiger partial charge in [0.05, 0.1) is 5.69 Å². The number of aromatic nitrogens is 1. The van der Waals surface area contributed by atoms with Crippen molar-refractivity contribution in [2.24, 2.45) is 5.73 Å². The van der Waals surface area contributed by atoms with Gasteiger partial charge >= 0.3 is 0 Å². The molecular weight excluding hydrogens is 324 g/mol. The number of ether oxygens (including phenoxy) is 1. The third-order valence-corrected chi connectivity index (χ3v) is 4.22. The van der Waals surface area contributed by atoms with E-state index >= 15 is 0 Å². The molecule has 1 amide bonds. The lowest BCUT2D eigenvalue weighted by Crippen LogP contribution is -2.10. The van der Waals surface area contributed by atoms with Crippen molar-refractivity contribution >= 4 is 5.91 Å². The zero-order valence-corrected chi connectivity index (χ0v) is 15.0. The van der Waals surface area contributed by atoms with Gasteiger partial charge in [0.25, 0.3) is 0 Å². The summed E-state index contributed by atoms with van der Waals surface area (Å²) in [6.07, 6.45) is 1.02. The molecule has 2 N–H and O–H groups in total. The van der Waals surface area contributed by atoms with Gasteiger partial charge in [0.2, 0.25) is 5.91 Å². The Morgan fingerprint density at radius 2 is 1.69 bits per heavy atom. The van der Waals surface area contributed by atoms with Crippen LogP contribution in [0.1, 0.15) is 34.1 Å². The molecule has 0 saturated heterocycles.